The molecule has 2 rings (SSSR count). The number of likely N-dealkylation sites (tertiary alicyclic amines) is 1. The summed E-state index contributed by atoms with van der Waals surface area (Å²) in [6, 6.07) is 2.04. The minimum atomic E-state index is -0.199. The molecule has 0 spiro atoms. The van der Waals surface area contributed by atoms with E-state index in [0.717, 1.165) is 13.0 Å². The average Bonchev–Trinajstić information content (AvgIpc) is 3.03. The van der Waals surface area contributed by atoms with Gasteiger partial charge in [-0.3, -0.25) is 14.3 Å². The normalized spacial score (nSPS) is 18.9. The van der Waals surface area contributed by atoms with Gasteiger partial charge in [-0.25, -0.2) is 0 Å². The maximum absolute atomic E-state index is 12.0. The summed E-state index contributed by atoms with van der Waals surface area (Å²) in [5.41, 5.74) is 0. The summed E-state index contributed by atoms with van der Waals surface area (Å²) in [4.78, 5) is 25.5. The fourth-order valence-corrected chi connectivity index (χ4v) is 2.44. The third kappa shape index (κ3) is 3.59. The molecule has 1 N–H and O–H groups in total. The summed E-state index contributed by atoms with van der Waals surface area (Å²) in [5.74, 6) is -0.131. The Morgan fingerprint density at radius 1 is 1.55 bits per heavy atom. The lowest BCUT2D eigenvalue weighted by Gasteiger charge is -2.20. The monoisotopic (exact) mass is 278 g/mol. The van der Waals surface area contributed by atoms with Crippen LogP contribution in [0.3, 0.4) is 0 Å². The Morgan fingerprint density at radius 2 is 2.35 bits per heavy atom. The van der Waals surface area contributed by atoms with Crippen LogP contribution in [0.2, 0.25) is 0 Å². The zero-order valence-electron chi connectivity index (χ0n) is 12.1. The van der Waals surface area contributed by atoms with Gasteiger partial charge in [0.05, 0.1) is 5.92 Å². The van der Waals surface area contributed by atoms with Gasteiger partial charge in [0.1, 0.15) is 0 Å². The quantitative estimate of drug-likeness (QED) is 0.777. The summed E-state index contributed by atoms with van der Waals surface area (Å²) in [6.45, 7) is 5.89. The Labute approximate surface area is 119 Å². The number of amides is 2. The van der Waals surface area contributed by atoms with Gasteiger partial charge in [-0.1, -0.05) is 0 Å². The van der Waals surface area contributed by atoms with E-state index in [4.69, 9.17) is 0 Å². The predicted octanol–water partition coefficient (Wildman–Crippen LogP) is 0.646. The number of nitrogens with zero attached hydrogens (tertiary/aromatic N) is 3. The molecule has 0 aliphatic carbocycles. The SMILES string of the molecule is CC(C)N1C[C@@H](C(=O)NCCCn2cccn2)CC1=O. The molecule has 6 heteroatoms. The molecule has 0 unspecified atom stereocenters. The summed E-state index contributed by atoms with van der Waals surface area (Å²) < 4.78 is 1.84. The second kappa shape index (κ2) is 6.54. The highest BCUT2D eigenvalue weighted by Gasteiger charge is 2.35. The molecule has 2 heterocycles. The molecule has 0 saturated carbocycles. The lowest BCUT2D eigenvalue weighted by Crippen LogP contribution is -2.36. The number of aryl methyl sites for hydroxylation is 1. The van der Waals surface area contributed by atoms with Gasteiger partial charge < -0.3 is 10.2 Å². The maximum atomic E-state index is 12.0. The summed E-state index contributed by atoms with van der Waals surface area (Å²) in [7, 11) is 0. The fourth-order valence-electron chi connectivity index (χ4n) is 2.44. The number of carbonyl (C=O) groups excluding carboxylic acids is 2. The summed E-state index contributed by atoms with van der Waals surface area (Å²) in [5, 5.41) is 7.01. The van der Waals surface area contributed by atoms with Gasteiger partial charge in [-0.05, 0) is 26.3 Å². The number of aromatic nitrogens is 2. The average molecular weight is 278 g/mol. The Hall–Kier alpha value is -1.85. The van der Waals surface area contributed by atoms with Crippen LogP contribution in [0, 0.1) is 5.92 Å². The van der Waals surface area contributed by atoms with E-state index in [0.29, 0.717) is 19.5 Å². The smallest absolute Gasteiger partial charge is 0.225 e. The molecule has 1 atom stereocenters. The molecule has 6 nitrogen and oxygen atoms in total. The molecule has 1 aliphatic heterocycles. The van der Waals surface area contributed by atoms with Gasteiger partial charge in [-0.15, -0.1) is 0 Å². The predicted molar refractivity (Wildman–Crippen MR) is 74.8 cm³/mol. The van der Waals surface area contributed by atoms with Crippen LogP contribution in [0.1, 0.15) is 26.7 Å². The van der Waals surface area contributed by atoms with Gasteiger partial charge >= 0.3 is 0 Å². The standard InChI is InChI=1S/C14H22N4O2/c1-11(2)18-10-12(9-13(18)19)14(20)15-5-3-7-17-8-4-6-16-17/h4,6,8,11-12H,3,5,7,9-10H2,1-2H3,(H,15,20)/t12-/m0/s1. The van der Waals surface area contributed by atoms with E-state index >= 15 is 0 Å². The van der Waals surface area contributed by atoms with E-state index in [9.17, 15) is 9.59 Å². The maximum Gasteiger partial charge on any atom is 0.225 e. The third-order valence-electron chi connectivity index (χ3n) is 3.57. The van der Waals surface area contributed by atoms with Crippen molar-refractivity contribution in [2.24, 2.45) is 5.92 Å². The number of carbonyl (C=O) groups is 2. The molecule has 0 bridgehead atoms. The minimum Gasteiger partial charge on any atom is -0.356 e. The van der Waals surface area contributed by atoms with Gasteiger partial charge in [0.25, 0.3) is 0 Å². The van der Waals surface area contributed by atoms with Gasteiger partial charge in [-0.2, -0.15) is 5.10 Å². The van der Waals surface area contributed by atoms with Crippen molar-refractivity contribution in [1.29, 1.82) is 0 Å². The molecule has 0 radical (unpaired) electrons. The van der Waals surface area contributed by atoms with Crippen molar-refractivity contribution < 1.29 is 9.59 Å². The van der Waals surface area contributed by atoms with Crippen LogP contribution in [0.25, 0.3) is 0 Å². The van der Waals surface area contributed by atoms with Crippen LogP contribution in [0.5, 0.6) is 0 Å². The van der Waals surface area contributed by atoms with E-state index in [2.05, 4.69) is 10.4 Å². The van der Waals surface area contributed by atoms with Crippen molar-refractivity contribution >= 4 is 11.8 Å². The third-order valence-corrected chi connectivity index (χ3v) is 3.57. The van der Waals surface area contributed by atoms with Crippen molar-refractivity contribution in [1.82, 2.24) is 20.0 Å². The second-order valence-electron chi connectivity index (χ2n) is 5.45. The Bertz CT molecular complexity index is 456. The number of nitrogens with one attached hydrogen (secondary N) is 1. The van der Waals surface area contributed by atoms with E-state index in [-0.39, 0.29) is 23.8 Å². The van der Waals surface area contributed by atoms with Crippen LogP contribution in [0.15, 0.2) is 18.5 Å². The molecule has 1 aromatic heterocycles. The van der Waals surface area contributed by atoms with Crippen molar-refractivity contribution in [3.05, 3.63) is 18.5 Å². The Kier molecular flexibility index (Phi) is 4.76. The molecule has 0 aromatic carbocycles. The lowest BCUT2D eigenvalue weighted by molar-refractivity contribution is -0.129. The first-order chi connectivity index (χ1) is 9.58. The highest BCUT2D eigenvalue weighted by atomic mass is 16.2. The first-order valence-electron chi connectivity index (χ1n) is 7.12. The van der Waals surface area contributed by atoms with Crippen LogP contribution in [-0.2, 0) is 16.1 Å². The minimum absolute atomic E-state index is 0.0121. The molecule has 20 heavy (non-hydrogen) atoms. The largest absolute Gasteiger partial charge is 0.356 e. The molecule has 1 fully saturated rings. The van der Waals surface area contributed by atoms with Crippen molar-refractivity contribution in [2.45, 2.75) is 39.3 Å². The zero-order valence-corrected chi connectivity index (χ0v) is 12.1. The molecule has 2 amide bonds. The van der Waals surface area contributed by atoms with Crippen LogP contribution >= 0.6 is 0 Å². The molecular weight excluding hydrogens is 256 g/mol. The van der Waals surface area contributed by atoms with Gasteiger partial charge in [0.2, 0.25) is 11.8 Å². The van der Waals surface area contributed by atoms with Gasteiger partial charge in [0, 0.05) is 44.5 Å². The topological polar surface area (TPSA) is 67.2 Å². The summed E-state index contributed by atoms with van der Waals surface area (Å²) in [6.07, 6.45) is 4.81. The van der Waals surface area contributed by atoms with E-state index < -0.39 is 0 Å². The number of hydrogen-bond donors (Lipinski definition) is 1. The number of hydrogen-bond acceptors (Lipinski definition) is 3. The van der Waals surface area contributed by atoms with Crippen LogP contribution in [-0.4, -0.2) is 45.6 Å². The molecule has 1 saturated heterocycles. The molecule has 1 aliphatic rings. The van der Waals surface area contributed by atoms with Crippen LogP contribution < -0.4 is 5.32 Å². The van der Waals surface area contributed by atoms with Crippen LogP contribution in [0.4, 0.5) is 0 Å². The Balaban J connectivity index is 1.69. The fraction of sp³-hybridized carbons (Fsp3) is 0.643. The molecular formula is C14H22N4O2. The van der Waals surface area contributed by atoms with Crippen molar-refractivity contribution in [3.63, 3.8) is 0 Å². The molecule has 1 aromatic rings. The van der Waals surface area contributed by atoms with Crippen molar-refractivity contribution in [3.8, 4) is 0 Å². The zero-order chi connectivity index (χ0) is 14.5. The first kappa shape index (κ1) is 14.6. The Morgan fingerprint density at radius 3 is 2.95 bits per heavy atom. The second-order valence-corrected chi connectivity index (χ2v) is 5.45. The number of rotatable bonds is 6. The highest BCUT2D eigenvalue weighted by Crippen LogP contribution is 2.20. The van der Waals surface area contributed by atoms with E-state index in [1.165, 1.54) is 0 Å². The van der Waals surface area contributed by atoms with E-state index in [1.807, 2.05) is 30.8 Å². The first-order valence-corrected chi connectivity index (χ1v) is 7.12. The summed E-state index contributed by atoms with van der Waals surface area (Å²) >= 11 is 0. The van der Waals surface area contributed by atoms with E-state index in [1.54, 1.807) is 11.1 Å². The highest BCUT2D eigenvalue weighted by molar-refractivity contribution is 5.89. The van der Waals surface area contributed by atoms with Crippen molar-refractivity contribution in [2.75, 3.05) is 13.1 Å². The van der Waals surface area contributed by atoms with Gasteiger partial charge in [0.15, 0.2) is 0 Å². The lowest BCUT2D eigenvalue weighted by atomic mass is 10.1. The molecule has 110 valence electrons.